The minimum absolute atomic E-state index is 0.0714. The first kappa shape index (κ1) is 35.0. The van der Waals surface area contributed by atoms with Gasteiger partial charge in [0.25, 0.3) is 0 Å². The molecule has 0 heterocycles. The van der Waals surface area contributed by atoms with E-state index in [1.165, 1.54) is 148 Å². The summed E-state index contributed by atoms with van der Waals surface area (Å²) in [7, 11) is 0. The second-order valence-electron chi connectivity index (χ2n) is 17.4. The van der Waals surface area contributed by atoms with Gasteiger partial charge in [-0.1, -0.05) is 162 Å². The molecule has 2 fully saturated rings. The van der Waals surface area contributed by atoms with Crippen LogP contribution >= 0.6 is 0 Å². The summed E-state index contributed by atoms with van der Waals surface area (Å²) in [5.74, 6) is 1.40. The van der Waals surface area contributed by atoms with Gasteiger partial charge in [-0.3, -0.25) is 0 Å². The number of fused-ring (bicyclic) bond motifs is 4. The van der Waals surface area contributed by atoms with Crippen molar-refractivity contribution in [2.24, 2.45) is 0 Å². The molecule has 56 heavy (non-hydrogen) atoms. The second-order valence-corrected chi connectivity index (χ2v) is 17.4. The van der Waals surface area contributed by atoms with E-state index in [0.717, 1.165) is 5.92 Å². The fraction of sp³-hybridized carbons (Fsp3) is 0.273. The third-order valence-corrected chi connectivity index (χ3v) is 13.7. The predicted octanol–water partition coefficient (Wildman–Crippen LogP) is 16.0. The van der Waals surface area contributed by atoms with E-state index >= 15 is 0 Å². The van der Waals surface area contributed by atoms with Gasteiger partial charge in [0.15, 0.2) is 0 Å². The normalized spacial score (nSPS) is 16.8. The molecule has 0 amide bonds. The summed E-state index contributed by atoms with van der Waals surface area (Å²) >= 11 is 0. The van der Waals surface area contributed by atoms with E-state index in [2.05, 4.69) is 170 Å². The predicted molar refractivity (Wildman–Crippen MR) is 239 cm³/mol. The molecule has 1 nitrogen and oxygen atoms in total. The first-order valence-corrected chi connectivity index (χ1v) is 21.4. The van der Waals surface area contributed by atoms with Crippen LogP contribution in [0.25, 0.3) is 44.2 Å². The van der Waals surface area contributed by atoms with Gasteiger partial charge in [0.2, 0.25) is 0 Å². The summed E-state index contributed by atoms with van der Waals surface area (Å²) < 4.78 is 0. The van der Waals surface area contributed by atoms with Gasteiger partial charge in [0, 0.05) is 22.4 Å². The minimum atomic E-state index is -0.0714. The van der Waals surface area contributed by atoms with Gasteiger partial charge in [-0.2, -0.15) is 0 Å². The van der Waals surface area contributed by atoms with Crippen LogP contribution < -0.4 is 4.90 Å². The third-order valence-electron chi connectivity index (χ3n) is 13.7. The van der Waals surface area contributed by atoms with Crippen LogP contribution in [0.4, 0.5) is 17.1 Å². The summed E-state index contributed by atoms with van der Waals surface area (Å²) in [5, 5.41) is 2.51. The van der Waals surface area contributed by atoms with Crippen LogP contribution in [0.15, 0.2) is 152 Å². The second kappa shape index (κ2) is 14.6. The smallest absolute Gasteiger partial charge is 0.0546 e. The average Bonchev–Trinajstić information content (AvgIpc) is 3.50. The third kappa shape index (κ3) is 6.36. The molecule has 0 saturated heterocycles. The molecule has 10 rings (SSSR count). The molecule has 0 radical (unpaired) electrons. The number of anilines is 3. The van der Waals surface area contributed by atoms with E-state index in [-0.39, 0.29) is 5.41 Å². The molecular formula is C55H53N. The van der Waals surface area contributed by atoms with Crippen molar-refractivity contribution >= 4 is 27.8 Å². The Balaban J connectivity index is 1.09. The number of nitrogens with zero attached hydrogens (tertiary/aromatic N) is 1. The van der Waals surface area contributed by atoms with Gasteiger partial charge < -0.3 is 4.90 Å². The molecule has 0 atom stereocenters. The van der Waals surface area contributed by atoms with Gasteiger partial charge in [0.1, 0.15) is 0 Å². The molecule has 0 aliphatic heterocycles. The maximum absolute atomic E-state index is 2.51. The van der Waals surface area contributed by atoms with Crippen molar-refractivity contribution in [3.63, 3.8) is 0 Å². The number of rotatable bonds is 7. The Morgan fingerprint density at radius 2 is 0.893 bits per heavy atom. The van der Waals surface area contributed by atoms with Crippen molar-refractivity contribution in [1.29, 1.82) is 0 Å². The highest BCUT2D eigenvalue weighted by Crippen LogP contribution is 2.51. The molecule has 0 bridgehead atoms. The van der Waals surface area contributed by atoms with Crippen LogP contribution in [0.2, 0.25) is 0 Å². The van der Waals surface area contributed by atoms with E-state index in [1.807, 2.05) is 0 Å². The molecule has 2 saturated carbocycles. The van der Waals surface area contributed by atoms with Crippen LogP contribution in [0.3, 0.4) is 0 Å². The van der Waals surface area contributed by atoms with E-state index in [0.29, 0.717) is 5.92 Å². The lowest BCUT2D eigenvalue weighted by Gasteiger charge is -2.30. The summed E-state index contributed by atoms with van der Waals surface area (Å²) in [6, 6.07) is 58.2. The van der Waals surface area contributed by atoms with Crippen molar-refractivity contribution in [3.05, 3.63) is 174 Å². The molecule has 0 aromatic heterocycles. The summed E-state index contributed by atoms with van der Waals surface area (Å²) in [4.78, 5) is 2.51. The molecule has 0 N–H and O–H groups in total. The zero-order valence-electron chi connectivity index (χ0n) is 33.1. The van der Waals surface area contributed by atoms with E-state index in [4.69, 9.17) is 0 Å². The fourth-order valence-electron chi connectivity index (χ4n) is 10.5. The monoisotopic (exact) mass is 727 g/mol. The molecule has 3 aliphatic carbocycles. The molecule has 7 aromatic carbocycles. The Bertz CT molecular complexity index is 2490. The maximum Gasteiger partial charge on any atom is 0.0546 e. The summed E-state index contributed by atoms with van der Waals surface area (Å²) in [5.41, 5.74) is 17.1. The zero-order chi connectivity index (χ0) is 37.6. The van der Waals surface area contributed by atoms with Gasteiger partial charge in [-0.05, 0) is 141 Å². The number of benzene rings is 7. The number of hydrogen-bond donors (Lipinski definition) is 0. The topological polar surface area (TPSA) is 3.24 Å². The van der Waals surface area contributed by atoms with Crippen molar-refractivity contribution in [2.75, 3.05) is 4.90 Å². The summed E-state index contributed by atoms with van der Waals surface area (Å²) in [6.45, 7) is 4.77. The molecular weight excluding hydrogens is 675 g/mol. The maximum atomic E-state index is 2.51. The SMILES string of the molecule is CC1(C)c2ccccc2-c2ccc(-c3cc4ccccc4cc3N(c3ccc(-c4ccc(C5CCCCC5)cc4)cc3)c3ccc(C4CCCCC4)cc3)cc21. The van der Waals surface area contributed by atoms with Gasteiger partial charge in [0.05, 0.1) is 5.69 Å². The molecule has 0 spiro atoms. The van der Waals surface area contributed by atoms with Crippen molar-refractivity contribution in [3.8, 4) is 33.4 Å². The van der Waals surface area contributed by atoms with Crippen molar-refractivity contribution in [1.82, 2.24) is 0 Å². The molecule has 3 aliphatic rings. The highest BCUT2D eigenvalue weighted by molar-refractivity contribution is 5.99. The van der Waals surface area contributed by atoms with E-state index < -0.39 is 0 Å². The van der Waals surface area contributed by atoms with Gasteiger partial charge >= 0.3 is 0 Å². The Kier molecular flexibility index (Phi) is 9.13. The Hall–Kier alpha value is -5.40. The molecule has 7 aromatic rings. The quantitative estimate of drug-likeness (QED) is 0.158. The first-order valence-electron chi connectivity index (χ1n) is 21.4. The molecule has 278 valence electrons. The fourth-order valence-corrected chi connectivity index (χ4v) is 10.5. The zero-order valence-corrected chi connectivity index (χ0v) is 33.1. The van der Waals surface area contributed by atoms with Gasteiger partial charge in [-0.25, -0.2) is 0 Å². The lowest BCUT2D eigenvalue weighted by atomic mass is 9.81. The van der Waals surface area contributed by atoms with Crippen molar-refractivity contribution in [2.45, 2.75) is 95.3 Å². The Morgan fingerprint density at radius 1 is 0.411 bits per heavy atom. The van der Waals surface area contributed by atoms with E-state index in [1.54, 1.807) is 0 Å². The lowest BCUT2D eigenvalue weighted by molar-refractivity contribution is 0.443. The van der Waals surface area contributed by atoms with Crippen LogP contribution in [0.1, 0.15) is 112 Å². The summed E-state index contributed by atoms with van der Waals surface area (Å²) in [6.07, 6.45) is 13.5. The Labute approximate surface area is 334 Å². The standard InChI is InChI=1S/C55H53N/c1-55(2)52-20-12-11-19-49(52)50-34-29-46(36-53(50)55)51-35-44-17-9-10-18-45(44)37-54(51)56(47-30-25-42(26-31-47)39-15-7-4-8-16-39)48-32-27-43(28-33-48)41-23-21-40(22-24-41)38-13-5-3-6-14-38/h9-12,17-39H,3-8,13-16H2,1-2H3. The first-order chi connectivity index (χ1) is 27.5. The molecule has 1 heteroatoms. The van der Waals surface area contributed by atoms with Gasteiger partial charge in [-0.15, -0.1) is 0 Å². The van der Waals surface area contributed by atoms with Crippen molar-refractivity contribution < 1.29 is 0 Å². The van der Waals surface area contributed by atoms with Crippen LogP contribution in [0.5, 0.6) is 0 Å². The molecule has 0 unspecified atom stereocenters. The Morgan fingerprint density at radius 3 is 1.52 bits per heavy atom. The average molecular weight is 728 g/mol. The van der Waals surface area contributed by atoms with Crippen LogP contribution in [-0.4, -0.2) is 0 Å². The largest absolute Gasteiger partial charge is 0.310 e. The minimum Gasteiger partial charge on any atom is -0.310 e. The highest BCUT2D eigenvalue weighted by Gasteiger charge is 2.35. The lowest BCUT2D eigenvalue weighted by Crippen LogP contribution is -2.15. The number of hydrogen-bond acceptors (Lipinski definition) is 1. The van der Waals surface area contributed by atoms with E-state index in [9.17, 15) is 0 Å². The van der Waals surface area contributed by atoms with Crippen LogP contribution in [0, 0.1) is 0 Å². The highest BCUT2D eigenvalue weighted by atomic mass is 15.1. The van der Waals surface area contributed by atoms with Crippen LogP contribution in [-0.2, 0) is 5.41 Å².